The van der Waals surface area contributed by atoms with Gasteiger partial charge in [-0.25, -0.2) is 4.39 Å². The quantitative estimate of drug-likeness (QED) is 0.850. The standard InChI is InChI=1S/C14H18FNO/c15-13-5-1-4-12-11(13)6-7-14(12)16-10-3-2-8-17-9-10/h1,4-5,10,14,16H,2-3,6-9H2. The number of benzene rings is 1. The molecule has 2 unspecified atom stereocenters. The van der Waals surface area contributed by atoms with E-state index in [-0.39, 0.29) is 5.82 Å². The van der Waals surface area contributed by atoms with Crippen molar-refractivity contribution in [1.82, 2.24) is 5.32 Å². The van der Waals surface area contributed by atoms with Crippen LogP contribution in [0.1, 0.15) is 36.4 Å². The van der Waals surface area contributed by atoms with Crippen molar-refractivity contribution in [2.75, 3.05) is 13.2 Å². The average Bonchev–Trinajstić information content (AvgIpc) is 2.76. The van der Waals surface area contributed by atoms with Gasteiger partial charge in [0.2, 0.25) is 0 Å². The third-order valence-electron chi connectivity index (χ3n) is 3.81. The maximum Gasteiger partial charge on any atom is 0.126 e. The van der Waals surface area contributed by atoms with Crippen molar-refractivity contribution in [3.05, 3.63) is 35.1 Å². The molecule has 1 fully saturated rings. The van der Waals surface area contributed by atoms with Gasteiger partial charge in [-0.05, 0) is 42.9 Å². The van der Waals surface area contributed by atoms with Gasteiger partial charge < -0.3 is 10.1 Å². The molecule has 1 N–H and O–H groups in total. The molecule has 2 atom stereocenters. The second-order valence-corrected chi connectivity index (χ2v) is 4.98. The topological polar surface area (TPSA) is 21.3 Å². The number of hydrogen-bond acceptors (Lipinski definition) is 2. The summed E-state index contributed by atoms with van der Waals surface area (Å²) in [6, 6.07) is 6.17. The minimum Gasteiger partial charge on any atom is -0.380 e. The summed E-state index contributed by atoms with van der Waals surface area (Å²) >= 11 is 0. The Hall–Kier alpha value is -0.930. The highest BCUT2D eigenvalue weighted by Crippen LogP contribution is 2.33. The molecular weight excluding hydrogens is 217 g/mol. The van der Waals surface area contributed by atoms with Crippen LogP contribution in [0, 0.1) is 5.82 Å². The van der Waals surface area contributed by atoms with E-state index in [0.717, 1.165) is 43.6 Å². The first-order valence-corrected chi connectivity index (χ1v) is 6.45. The Labute approximate surface area is 101 Å². The van der Waals surface area contributed by atoms with E-state index in [2.05, 4.69) is 5.32 Å². The molecule has 0 radical (unpaired) electrons. The summed E-state index contributed by atoms with van der Waals surface area (Å²) in [6.45, 7) is 1.68. The van der Waals surface area contributed by atoms with Gasteiger partial charge in [-0.3, -0.25) is 0 Å². The van der Waals surface area contributed by atoms with Gasteiger partial charge in [0, 0.05) is 18.7 Å². The van der Waals surface area contributed by atoms with Crippen LogP contribution in [-0.2, 0) is 11.2 Å². The lowest BCUT2D eigenvalue weighted by Gasteiger charge is -2.27. The van der Waals surface area contributed by atoms with E-state index in [1.807, 2.05) is 12.1 Å². The van der Waals surface area contributed by atoms with E-state index < -0.39 is 0 Å². The van der Waals surface area contributed by atoms with Gasteiger partial charge in [0.25, 0.3) is 0 Å². The fourth-order valence-electron chi connectivity index (χ4n) is 2.94. The monoisotopic (exact) mass is 235 g/mol. The molecular formula is C14H18FNO. The lowest BCUT2D eigenvalue weighted by molar-refractivity contribution is 0.0663. The zero-order chi connectivity index (χ0) is 11.7. The number of fused-ring (bicyclic) bond motifs is 1. The molecule has 0 saturated carbocycles. The van der Waals surface area contributed by atoms with Crippen molar-refractivity contribution in [3.63, 3.8) is 0 Å². The van der Waals surface area contributed by atoms with Crippen molar-refractivity contribution in [3.8, 4) is 0 Å². The van der Waals surface area contributed by atoms with Crippen LogP contribution in [0.25, 0.3) is 0 Å². The Morgan fingerprint density at radius 3 is 3.06 bits per heavy atom. The van der Waals surface area contributed by atoms with Crippen LogP contribution in [0.4, 0.5) is 4.39 Å². The van der Waals surface area contributed by atoms with Crippen molar-refractivity contribution in [2.45, 2.75) is 37.8 Å². The van der Waals surface area contributed by atoms with E-state index in [9.17, 15) is 4.39 Å². The first-order chi connectivity index (χ1) is 8.34. The van der Waals surface area contributed by atoms with Crippen LogP contribution in [0.15, 0.2) is 18.2 Å². The third kappa shape index (κ3) is 2.22. The number of hydrogen-bond donors (Lipinski definition) is 1. The highest BCUT2D eigenvalue weighted by atomic mass is 19.1. The molecule has 0 amide bonds. The molecule has 0 aromatic heterocycles. The number of halogens is 1. The van der Waals surface area contributed by atoms with E-state index >= 15 is 0 Å². The smallest absolute Gasteiger partial charge is 0.126 e. The van der Waals surface area contributed by atoms with Crippen LogP contribution in [0.3, 0.4) is 0 Å². The second kappa shape index (κ2) is 4.75. The summed E-state index contributed by atoms with van der Waals surface area (Å²) in [7, 11) is 0. The largest absolute Gasteiger partial charge is 0.380 e. The highest BCUT2D eigenvalue weighted by Gasteiger charge is 2.27. The fraction of sp³-hybridized carbons (Fsp3) is 0.571. The first kappa shape index (κ1) is 11.2. The molecule has 3 rings (SSSR count). The van der Waals surface area contributed by atoms with Gasteiger partial charge in [-0.15, -0.1) is 0 Å². The van der Waals surface area contributed by atoms with E-state index in [1.54, 1.807) is 6.07 Å². The first-order valence-electron chi connectivity index (χ1n) is 6.45. The Morgan fingerprint density at radius 2 is 2.24 bits per heavy atom. The predicted molar refractivity (Wildman–Crippen MR) is 64.4 cm³/mol. The summed E-state index contributed by atoms with van der Waals surface area (Å²) in [4.78, 5) is 0. The molecule has 92 valence electrons. The van der Waals surface area contributed by atoms with Gasteiger partial charge in [-0.2, -0.15) is 0 Å². The second-order valence-electron chi connectivity index (χ2n) is 4.98. The van der Waals surface area contributed by atoms with Crippen molar-refractivity contribution in [1.29, 1.82) is 0 Å². The zero-order valence-corrected chi connectivity index (χ0v) is 9.92. The maximum atomic E-state index is 13.6. The van der Waals surface area contributed by atoms with E-state index in [0.29, 0.717) is 12.1 Å². The minimum atomic E-state index is -0.0494. The molecule has 3 heteroatoms. The average molecular weight is 235 g/mol. The predicted octanol–water partition coefficient (Wildman–Crippen LogP) is 2.58. The van der Waals surface area contributed by atoms with Gasteiger partial charge in [0.05, 0.1) is 6.61 Å². The van der Waals surface area contributed by atoms with Gasteiger partial charge >= 0.3 is 0 Å². The molecule has 1 aromatic rings. The highest BCUT2D eigenvalue weighted by molar-refractivity contribution is 5.35. The molecule has 1 aliphatic carbocycles. The summed E-state index contributed by atoms with van der Waals surface area (Å²) in [5.41, 5.74) is 2.05. The Kier molecular flexibility index (Phi) is 3.12. The Morgan fingerprint density at radius 1 is 1.29 bits per heavy atom. The molecule has 2 aliphatic rings. The molecule has 0 bridgehead atoms. The maximum absolute atomic E-state index is 13.6. The van der Waals surface area contributed by atoms with Gasteiger partial charge in [0.15, 0.2) is 0 Å². The SMILES string of the molecule is Fc1cccc2c1CCC2NC1CCCOC1. The van der Waals surface area contributed by atoms with Gasteiger partial charge in [-0.1, -0.05) is 12.1 Å². The van der Waals surface area contributed by atoms with Gasteiger partial charge in [0.1, 0.15) is 5.82 Å². The molecule has 1 aromatic carbocycles. The third-order valence-corrected chi connectivity index (χ3v) is 3.81. The van der Waals surface area contributed by atoms with E-state index in [1.165, 1.54) is 6.42 Å². The fourth-order valence-corrected chi connectivity index (χ4v) is 2.94. The minimum absolute atomic E-state index is 0.0494. The lowest BCUT2D eigenvalue weighted by atomic mass is 10.0. The number of ether oxygens (including phenoxy) is 1. The van der Waals surface area contributed by atoms with E-state index in [4.69, 9.17) is 4.74 Å². The lowest BCUT2D eigenvalue weighted by Crippen LogP contribution is -2.38. The Balaban J connectivity index is 1.72. The summed E-state index contributed by atoms with van der Waals surface area (Å²) in [5.74, 6) is -0.0494. The van der Waals surface area contributed by atoms with Crippen molar-refractivity contribution in [2.24, 2.45) is 0 Å². The van der Waals surface area contributed by atoms with Crippen LogP contribution >= 0.6 is 0 Å². The van der Waals surface area contributed by atoms with Crippen molar-refractivity contribution >= 4 is 0 Å². The summed E-state index contributed by atoms with van der Waals surface area (Å²) in [5, 5.41) is 3.61. The molecule has 0 spiro atoms. The van der Waals surface area contributed by atoms with Crippen LogP contribution < -0.4 is 5.32 Å². The molecule has 17 heavy (non-hydrogen) atoms. The van der Waals surface area contributed by atoms with Crippen LogP contribution in [0.2, 0.25) is 0 Å². The molecule has 1 aliphatic heterocycles. The zero-order valence-electron chi connectivity index (χ0n) is 9.92. The van der Waals surface area contributed by atoms with Crippen molar-refractivity contribution < 1.29 is 9.13 Å². The summed E-state index contributed by atoms with van der Waals surface area (Å²) < 4.78 is 19.1. The number of rotatable bonds is 2. The molecule has 1 saturated heterocycles. The molecule has 2 nitrogen and oxygen atoms in total. The normalized spacial score (nSPS) is 28.1. The van der Waals surface area contributed by atoms with Crippen LogP contribution in [0.5, 0.6) is 0 Å². The van der Waals surface area contributed by atoms with Crippen LogP contribution in [-0.4, -0.2) is 19.3 Å². The Bertz CT molecular complexity index is 401. The summed E-state index contributed by atoms with van der Waals surface area (Å²) in [6.07, 6.45) is 4.15. The number of nitrogens with one attached hydrogen (secondary N) is 1. The molecule has 1 heterocycles.